The molecule has 0 saturated carbocycles. The van der Waals surface area contributed by atoms with Crippen molar-refractivity contribution in [3.8, 4) is 0 Å². The molecule has 0 fully saturated rings. The molecule has 0 saturated heterocycles. The fraction of sp³-hybridized carbons (Fsp3) is 1.00. The van der Waals surface area contributed by atoms with E-state index in [0.717, 1.165) is 31.6 Å². The van der Waals surface area contributed by atoms with Crippen LogP contribution in [-0.2, 0) is 5.11 Å². The molecule has 1 atom stereocenters. The molecule has 0 rings (SSSR count). The van der Waals surface area contributed by atoms with Gasteiger partial charge in [0.15, 0.2) is 0 Å². The molecule has 1 unspecified atom stereocenters. The van der Waals surface area contributed by atoms with Gasteiger partial charge in [0.1, 0.15) is 0 Å². The number of rotatable bonds is 1. The van der Waals surface area contributed by atoms with Crippen molar-refractivity contribution < 1.29 is 5.11 Å². The van der Waals surface area contributed by atoms with Gasteiger partial charge in [-0.15, -0.1) is 0 Å². The van der Waals surface area contributed by atoms with Gasteiger partial charge in [0.2, 0.25) is 0 Å². The van der Waals surface area contributed by atoms with Crippen LogP contribution in [0.3, 0.4) is 0 Å². The third-order valence-electron chi connectivity index (χ3n) is 0.575. The molecule has 0 aromatic rings. The van der Waals surface area contributed by atoms with Crippen LogP contribution >= 0.6 is 0 Å². The van der Waals surface area contributed by atoms with Crippen LogP contribution in [0.25, 0.3) is 0 Å². The van der Waals surface area contributed by atoms with Crippen LogP contribution in [0.15, 0.2) is 0 Å². The van der Waals surface area contributed by atoms with Gasteiger partial charge in [0.25, 0.3) is 0 Å². The van der Waals surface area contributed by atoms with Gasteiger partial charge in [-0.25, -0.2) is 0 Å². The van der Waals surface area contributed by atoms with Crippen LogP contribution < -0.4 is 0 Å². The summed E-state index contributed by atoms with van der Waals surface area (Å²) in [5.41, 5.74) is 0. The molecule has 0 aliphatic heterocycles. The third kappa shape index (κ3) is 4.96. The Morgan fingerprint density at radius 1 is 2.00 bits per heavy atom. The molecule has 0 aromatic heterocycles. The fourth-order valence-corrected chi connectivity index (χ4v) is 0. The molecule has 5 heavy (non-hydrogen) atoms. The van der Waals surface area contributed by atoms with Crippen molar-refractivity contribution in [2.75, 3.05) is 0 Å². The van der Waals surface area contributed by atoms with Crippen LogP contribution in [0.4, 0.5) is 0 Å². The second-order valence-corrected chi connectivity index (χ2v) is 2.04. The Hall–Kier alpha value is 0.960. The van der Waals surface area contributed by atoms with E-state index < -0.39 is 0 Å². The van der Waals surface area contributed by atoms with Gasteiger partial charge >= 0.3 is 49.7 Å². The van der Waals surface area contributed by atoms with E-state index in [0.29, 0.717) is 0 Å². The second-order valence-electron chi connectivity index (χ2n) is 1.22. The normalized spacial score (nSPS) is 15.2. The van der Waals surface area contributed by atoms with Crippen molar-refractivity contribution in [1.82, 2.24) is 0 Å². The van der Waals surface area contributed by atoms with Crippen molar-refractivity contribution in [2.45, 2.75) is 16.7 Å². The molecular weight excluding hydrogens is 75.0 g/mol. The summed E-state index contributed by atoms with van der Waals surface area (Å²) in [6.45, 7) is 1.70. The van der Waals surface area contributed by atoms with E-state index in [1.54, 1.807) is 6.92 Å². The van der Waals surface area contributed by atoms with Gasteiger partial charge in [0, 0.05) is 0 Å². The molecule has 0 amide bonds. The molecule has 0 aliphatic rings. The molecule has 1 radical (unpaired) electrons. The molecule has 0 bridgehead atoms. The average molecular weight is 81.1 g/mol. The Labute approximate surface area is 49.8 Å². The number of hydrogen-bond donors (Lipinski definition) is 0. The summed E-state index contributed by atoms with van der Waals surface area (Å²) in [7, 11) is 0. The van der Waals surface area contributed by atoms with E-state index in [4.69, 9.17) is 0 Å². The first-order chi connectivity index (χ1) is 2.27. The molecule has 0 heterocycles. The molecule has 0 N–H and O–H groups in total. The zero-order chi connectivity index (χ0) is 4.28. The molecule has 1 nitrogen and oxygen atoms in total. The first kappa shape index (κ1) is 5.96. The molecule has 2 heteroatoms. The Kier molecular flexibility index (Phi) is 3.77. The van der Waals surface area contributed by atoms with Crippen LogP contribution in [0.5, 0.6) is 0 Å². The van der Waals surface area contributed by atoms with Crippen molar-refractivity contribution in [1.29, 1.82) is 0 Å². The van der Waals surface area contributed by atoms with E-state index in [2.05, 4.69) is 0 Å². The maximum atomic E-state index is 9.93. The Balaban J connectivity index is 2.54. The molecular formula is C3H6NaO. The first-order valence-corrected chi connectivity index (χ1v) is 3.34. The topological polar surface area (TPSA) is 19.9 Å². The summed E-state index contributed by atoms with van der Waals surface area (Å²) in [6, 6.07) is 0. The zero-order valence-corrected chi connectivity index (χ0v) is 5.69. The standard InChI is InChI=1S/C3H6O.Na/c1-3(2)4;/h3H,1H2,2H3;. The van der Waals surface area contributed by atoms with E-state index in [-0.39, 0.29) is 6.10 Å². The third-order valence-corrected chi connectivity index (χ3v) is 1.72. The van der Waals surface area contributed by atoms with Crippen molar-refractivity contribution in [3.05, 3.63) is 0 Å². The van der Waals surface area contributed by atoms with Crippen molar-refractivity contribution in [3.63, 3.8) is 0 Å². The van der Waals surface area contributed by atoms with Gasteiger partial charge in [-0.2, -0.15) is 0 Å². The Bertz CT molecular complexity index is 20.9. The van der Waals surface area contributed by atoms with Crippen LogP contribution in [0.2, 0.25) is 3.67 Å². The molecule has 0 aromatic carbocycles. The van der Waals surface area contributed by atoms with Gasteiger partial charge in [-0.1, -0.05) is 0 Å². The van der Waals surface area contributed by atoms with E-state index in [9.17, 15) is 5.11 Å². The Morgan fingerprint density at radius 2 is 2.20 bits per heavy atom. The predicted molar refractivity (Wildman–Crippen MR) is 20.7 cm³/mol. The molecule has 25 valence electrons. The van der Waals surface area contributed by atoms with Crippen LogP contribution in [0.1, 0.15) is 6.92 Å². The summed E-state index contributed by atoms with van der Waals surface area (Å²) >= 11 is 1.06. The van der Waals surface area contributed by atoms with Gasteiger partial charge in [-0.3, -0.25) is 0 Å². The van der Waals surface area contributed by atoms with Crippen molar-refractivity contribution >= 4 is 27.9 Å². The molecule has 0 aliphatic carbocycles. The summed E-state index contributed by atoms with van der Waals surface area (Å²) in [5, 5.41) is 9.93. The zero-order valence-electron chi connectivity index (χ0n) is 3.69. The van der Waals surface area contributed by atoms with Gasteiger partial charge < -0.3 is 0 Å². The van der Waals surface area contributed by atoms with E-state index in [1.807, 2.05) is 0 Å². The average Bonchev–Trinajstić information content (AvgIpc) is 1.38. The Morgan fingerprint density at radius 3 is 2.20 bits per heavy atom. The molecule has 0 spiro atoms. The van der Waals surface area contributed by atoms with Crippen molar-refractivity contribution in [2.24, 2.45) is 0 Å². The van der Waals surface area contributed by atoms with E-state index in [1.165, 1.54) is 0 Å². The quantitative estimate of drug-likeness (QED) is 0.407. The SMILES string of the molecule is CC([O])[CH2][Na]. The number of hydrogen-bond acceptors (Lipinski definition) is 0. The van der Waals surface area contributed by atoms with Gasteiger partial charge in [0.05, 0.1) is 0 Å². The summed E-state index contributed by atoms with van der Waals surface area (Å²) < 4.78 is 0.889. The maximum absolute atomic E-state index is 9.93. The summed E-state index contributed by atoms with van der Waals surface area (Å²) in [4.78, 5) is 0. The summed E-state index contributed by atoms with van der Waals surface area (Å²) in [6.07, 6.45) is -0.304. The van der Waals surface area contributed by atoms with Crippen LogP contribution in [0, 0.1) is 0 Å². The minimum atomic E-state index is -0.304. The summed E-state index contributed by atoms with van der Waals surface area (Å²) in [5.74, 6) is 0. The van der Waals surface area contributed by atoms with E-state index >= 15 is 0 Å². The second kappa shape index (κ2) is 3.16. The first-order valence-electron chi connectivity index (χ1n) is 1.93. The predicted octanol–water partition coefficient (Wildman–Crippen LogP) is 0.392. The van der Waals surface area contributed by atoms with Gasteiger partial charge in [-0.05, 0) is 0 Å². The van der Waals surface area contributed by atoms with Crippen LogP contribution in [-0.4, -0.2) is 34.0 Å². The monoisotopic (exact) mass is 81.0 g/mol. The fourth-order valence-electron chi connectivity index (χ4n) is 0. The minimum absolute atomic E-state index is 0.304.